The molecule has 3 rings (SSSR count). The molecule has 0 fully saturated rings. The summed E-state index contributed by atoms with van der Waals surface area (Å²) < 4.78 is 5.88. The van der Waals surface area contributed by atoms with E-state index in [1.54, 1.807) is 4.90 Å². The van der Waals surface area contributed by atoms with Crippen LogP contribution in [0.3, 0.4) is 0 Å². The second-order valence-electron chi connectivity index (χ2n) is 9.37. The molecule has 5 heteroatoms. The number of rotatable bonds is 13. The molecule has 0 saturated carbocycles. The Hall–Kier alpha value is -3.60. The number of amides is 2. The third kappa shape index (κ3) is 8.26. The van der Waals surface area contributed by atoms with Crippen molar-refractivity contribution in [2.45, 2.75) is 58.5 Å². The van der Waals surface area contributed by atoms with Gasteiger partial charge in [0.25, 0.3) is 5.91 Å². The molecule has 1 unspecified atom stereocenters. The fourth-order valence-corrected chi connectivity index (χ4v) is 4.02. The highest BCUT2D eigenvalue weighted by Crippen LogP contribution is 2.20. The zero-order valence-corrected chi connectivity index (χ0v) is 21.7. The van der Waals surface area contributed by atoms with Crippen LogP contribution in [0.2, 0.25) is 0 Å². The largest absolute Gasteiger partial charge is 0.484 e. The first-order chi connectivity index (χ1) is 17.5. The molecule has 190 valence electrons. The Morgan fingerprint density at radius 3 is 2.06 bits per heavy atom. The minimum atomic E-state index is -0.649. The quantitative estimate of drug-likeness (QED) is 0.313. The summed E-state index contributed by atoms with van der Waals surface area (Å²) >= 11 is 0. The van der Waals surface area contributed by atoms with Gasteiger partial charge in [-0.15, -0.1) is 0 Å². The number of carbonyl (C=O) groups excluding carboxylic acids is 2. The van der Waals surface area contributed by atoms with Gasteiger partial charge in [-0.1, -0.05) is 100.0 Å². The van der Waals surface area contributed by atoms with E-state index >= 15 is 0 Å². The van der Waals surface area contributed by atoms with E-state index in [0.717, 1.165) is 24.0 Å². The molecular weight excluding hydrogens is 448 g/mol. The maximum Gasteiger partial charge on any atom is 0.261 e. The van der Waals surface area contributed by atoms with Crippen molar-refractivity contribution in [3.05, 3.63) is 102 Å². The fourth-order valence-electron chi connectivity index (χ4n) is 4.02. The highest BCUT2D eigenvalue weighted by Gasteiger charge is 2.30. The number of hydrogen-bond donors (Lipinski definition) is 1. The van der Waals surface area contributed by atoms with Crippen molar-refractivity contribution in [3.63, 3.8) is 0 Å². The number of carbonyl (C=O) groups is 2. The average Bonchev–Trinajstić information content (AvgIpc) is 2.90. The summed E-state index contributed by atoms with van der Waals surface area (Å²) in [5.74, 6) is 0.697. The first-order valence-electron chi connectivity index (χ1n) is 12.9. The van der Waals surface area contributed by atoms with Gasteiger partial charge in [0, 0.05) is 19.5 Å². The van der Waals surface area contributed by atoms with E-state index < -0.39 is 6.04 Å². The molecule has 0 heterocycles. The number of nitrogens with one attached hydrogen (secondary N) is 1. The molecule has 36 heavy (non-hydrogen) atoms. The third-order valence-corrected chi connectivity index (χ3v) is 6.21. The minimum Gasteiger partial charge on any atom is -0.484 e. The van der Waals surface area contributed by atoms with Crippen LogP contribution in [0.4, 0.5) is 0 Å². The van der Waals surface area contributed by atoms with Crippen LogP contribution in [0.5, 0.6) is 5.75 Å². The number of nitrogens with zero attached hydrogens (tertiary/aromatic N) is 1. The van der Waals surface area contributed by atoms with E-state index in [1.807, 2.05) is 84.9 Å². The van der Waals surface area contributed by atoms with Crippen molar-refractivity contribution in [2.75, 3.05) is 13.2 Å². The monoisotopic (exact) mass is 486 g/mol. The lowest BCUT2D eigenvalue weighted by Gasteiger charge is -2.31. The number of benzene rings is 3. The van der Waals surface area contributed by atoms with Gasteiger partial charge >= 0.3 is 0 Å². The summed E-state index contributed by atoms with van der Waals surface area (Å²) in [7, 11) is 0. The summed E-state index contributed by atoms with van der Waals surface area (Å²) in [6, 6.07) is 26.8. The minimum absolute atomic E-state index is 0.138. The van der Waals surface area contributed by atoms with Crippen molar-refractivity contribution in [1.82, 2.24) is 10.2 Å². The van der Waals surface area contributed by atoms with Gasteiger partial charge in [0.15, 0.2) is 6.61 Å². The van der Waals surface area contributed by atoms with E-state index in [4.69, 9.17) is 4.74 Å². The van der Waals surface area contributed by atoms with Crippen LogP contribution in [-0.2, 0) is 22.6 Å². The molecule has 3 aromatic carbocycles. The molecule has 3 aromatic rings. The normalized spacial score (nSPS) is 11.7. The van der Waals surface area contributed by atoms with Crippen molar-refractivity contribution in [2.24, 2.45) is 0 Å². The van der Waals surface area contributed by atoms with Crippen LogP contribution in [0, 0.1) is 0 Å². The molecule has 0 aliphatic rings. The number of unbranched alkanes of at least 4 members (excludes halogenated alkanes) is 1. The predicted molar refractivity (Wildman–Crippen MR) is 145 cm³/mol. The van der Waals surface area contributed by atoms with Crippen LogP contribution in [-0.4, -0.2) is 35.9 Å². The lowest BCUT2D eigenvalue weighted by molar-refractivity contribution is -0.142. The second kappa shape index (κ2) is 14.1. The molecular formula is C31H38N2O3. The maximum absolute atomic E-state index is 13.6. The summed E-state index contributed by atoms with van der Waals surface area (Å²) in [6.45, 7) is 7.14. The average molecular weight is 487 g/mol. The Balaban J connectivity index is 1.83. The lowest BCUT2D eigenvalue weighted by atomic mass is 10.0. The second-order valence-corrected chi connectivity index (χ2v) is 9.37. The zero-order chi connectivity index (χ0) is 25.8. The molecule has 0 saturated heterocycles. The van der Waals surface area contributed by atoms with Gasteiger partial charge in [-0.05, 0) is 41.2 Å². The summed E-state index contributed by atoms with van der Waals surface area (Å²) in [4.78, 5) is 28.6. The number of ether oxygens (including phenoxy) is 1. The Bertz CT molecular complexity index is 1070. The Morgan fingerprint density at radius 2 is 1.47 bits per heavy atom. The smallest absolute Gasteiger partial charge is 0.261 e. The van der Waals surface area contributed by atoms with E-state index in [1.165, 1.54) is 5.56 Å². The Morgan fingerprint density at radius 1 is 0.861 bits per heavy atom. The van der Waals surface area contributed by atoms with Gasteiger partial charge in [-0.2, -0.15) is 0 Å². The van der Waals surface area contributed by atoms with Crippen molar-refractivity contribution < 1.29 is 14.3 Å². The highest BCUT2D eigenvalue weighted by atomic mass is 16.5. The van der Waals surface area contributed by atoms with Crippen molar-refractivity contribution in [1.29, 1.82) is 0 Å². The predicted octanol–water partition coefficient (Wildman–Crippen LogP) is 5.75. The van der Waals surface area contributed by atoms with Crippen LogP contribution < -0.4 is 10.1 Å². The van der Waals surface area contributed by atoms with Gasteiger partial charge in [0.1, 0.15) is 11.8 Å². The van der Waals surface area contributed by atoms with E-state index in [-0.39, 0.29) is 18.4 Å². The van der Waals surface area contributed by atoms with Gasteiger partial charge < -0.3 is 15.0 Å². The van der Waals surface area contributed by atoms with Gasteiger partial charge in [-0.3, -0.25) is 9.59 Å². The SMILES string of the molecule is CCCCNC(=O)C(Cc1ccccc1)N(Cc1ccccc1)C(=O)COc1ccc(C(C)C)cc1. The van der Waals surface area contributed by atoms with Crippen molar-refractivity contribution in [3.8, 4) is 5.75 Å². The van der Waals surface area contributed by atoms with E-state index in [2.05, 4.69) is 26.1 Å². The van der Waals surface area contributed by atoms with Crippen LogP contribution >= 0.6 is 0 Å². The summed E-state index contributed by atoms with van der Waals surface area (Å²) in [5, 5.41) is 3.04. The molecule has 0 aliphatic heterocycles. The van der Waals surface area contributed by atoms with Gasteiger partial charge in [-0.25, -0.2) is 0 Å². The lowest BCUT2D eigenvalue weighted by Crippen LogP contribution is -2.51. The molecule has 5 nitrogen and oxygen atoms in total. The summed E-state index contributed by atoms with van der Waals surface area (Å²) in [5.41, 5.74) is 3.18. The van der Waals surface area contributed by atoms with Crippen molar-refractivity contribution >= 4 is 11.8 Å². The Labute approximate surface area is 215 Å². The molecule has 0 aliphatic carbocycles. The molecule has 0 radical (unpaired) electrons. The fraction of sp³-hybridized carbons (Fsp3) is 0.355. The first-order valence-corrected chi connectivity index (χ1v) is 12.9. The summed E-state index contributed by atoms with van der Waals surface area (Å²) in [6.07, 6.45) is 2.31. The van der Waals surface area contributed by atoms with Crippen LogP contribution in [0.1, 0.15) is 56.2 Å². The first kappa shape index (κ1) is 27.0. The number of hydrogen-bond acceptors (Lipinski definition) is 3. The topological polar surface area (TPSA) is 58.6 Å². The Kier molecular flexibility index (Phi) is 10.6. The van der Waals surface area contributed by atoms with Gasteiger partial charge in [0.2, 0.25) is 5.91 Å². The molecule has 0 bridgehead atoms. The molecule has 1 atom stereocenters. The zero-order valence-electron chi connectivity index (χ0n) is 21.7. The van der Waals surface area contributed by atoms with E-state index in [9.17, 15) is 9.59 Å². The van der Waals surface area contributed by atoms with Crippen LogP contribution in [0.15, 0.2) is 84.9 Å². The maximum atomic E-state index is 13.6. The standard InChI is InChI=1S/C31H38N2O3/c1-4-5-20-32-31(35)29(21-25-12-8-6-9-13-25)33(22-26-14-10-7-11-15-26)30(34)23-36-28-18-16-27(17-19-28)24(2)3/h6-19,24,29H,4-5,20-23H2,1-3H3,(H,32,35). The highest BCUT2D eigenvalue weighted by molar-refractivity contribution is 5.88. The molecule has 0 spiro atoms. The third-order valence-electron chi connectivity index (χ3n) is 6.21. The molecule has 2 amide bonds. The molecule has 0 aromatic heterocycles. The molecule has 1 N–H and O–H groups in total. The van der Waals surface area contributed by atoms with Crippen LogP contribution in [0.25, 0.3) is 0 Å². The van der Waals surface area contributed by atoms with Gasteiger partial charge in [0.05, 0.1) is 0 Å². The van der Waals surface area contributed by atoms with E-state index in [0.29, 0.717) is 31.2 Å².